The number of H-pyrrole nitrogens is 1. The lowest BCUT2D eigenvalue weighted by atomic mass is 9.85. The third-order valence-electron chi connectivity index (χ3n) is 3.81. The van der Waals surface area contributed by atoms with Crippen molar-refractivity contribution in [3.63, 3.8) is 0 Å². The zero-order chi connectivity index (χ0) is 17.2. The maximum Gasteiger partial charge on any atom is 0.248 e. The molecule has 0 spiro atoms. The quantitative estimate of drug-likeness (QED) is 0.526. The molecule has 0 aliphatic heterocycles. The Morgan fingerprint density at radius 2 is 1.88 bits per heavy atom. The number of aromatic nitrogens is 3. The fourth-order valence-electron chi connectivity index (χ4n) is 2.67. The number of nitrogens with two attached hydrogens (primary N) is 2. The average molecular weight is 324 g/mol. The second-order valence-corrected chi connectivity index (χ2v) is 5.37. The first-order valence-electron chi connectivity index (χ1n) is 7.23. The Morgan fingerprint density at radius 3 is 2.54 bits per heavy atom. The number of primary amides is 2. The SMILES string of the molecule is NC(=O)CC(Nc1ncnc2[nH]ccc12)(C(N)=O)c1ccccc1. The molecule has 1 unspecified atom stereocenters. The fourth-order valence-corrected chi connectivity index (χ4v) is 2.67. The van der Waals surface area contributed by atoms with E-state index in [1.807, 2.05) is 0 Å². The zero-order valence-corrected chi connectivity index (χ0v) is 12.7. The Balaban J connectivity index is 2.15. The molecule has 1 atom stereocenters. The van der Waals surface area contributed by atoms with E-state index in [4.69, 9.17) is 11.5 Å². The highest BCUT2D eigenvalue weighted by molar-refractivity contribution is 5.97. The van der Waals surface area contributed by atoms with Gasteiger partial charge in [0.1, 0.15) is 17.8 Å². The molecule has 1 aromatic carbocycles. The minimum atomic E-state index is -1.51. The van der Waals surface area contributed by atoms with E-state index in [2.05, 4.69) is 20.3 Å². The van der Waals surface area contributed by atoms with Gasteiger partial charge in [-0.3, -0.25) is 9.59 Å². The number of anilines is 1. The zero-order valence-electron chi connectivity index (χ0n) is 12.7. The Morgan fingerprint density at radius 1 is 1.12 bits per heavy atom. The van der Waals surface area contributed by atoms with Crippen LogP contribution in [0.3, 0.4) is 0 Å². The van der Waals surface area contributed by atoms with Crippen molar-refractivity contribution < 1.29 is 9.59 Å². The second kappa shape index (κ2) is 5.99. The smallest absolute Gasteiger partial charge is 0.248 e. The van der Waals surface area contributed by atoms with Crippen LogP contribution in [0.2, 0.25) is 0 Å². The molecule has 8 heteroatoms. The lowest BCUT2D eigenvalue weighted by molar-refractivity contribution is -0.127. The predicted octanol–water partition coefficient (Wildman–Crippen LogP) is 0.626. The molecule has 6 N–H and O–H groups in total. The normalized spacial score (nSPS) is 13.3. The lowest BCUT2D eigenvalue weighted by Gasteiger charge is -2.31. The number of fused-ring (bicyclic) bond motifs is 1. The van der Waals surface area contributed by atoms with Gasteiger partial charge in [0.05, 0.1) is 11.8 Å². The topological polar surface area (TPSA) is 140 Å². The summed E-state index contributed by atoms with van der Waals surface area (Å²) in [5, 5.41) is 3.69. The molecular formula is C16H16N6O2. The van der Waals surface area contributed by atoms with Crippen LogP contribution in [0.1, 0.15) is 12.0 Å². The van der Waals surface area contributed by atoms with Gasteiger partial charge >= 0.3 is 0 Å². The molecule has 0 saturated heterocycles. The average Bonchev–Trinajstić information content (AvgIpc) is 3.04. The summed E-state index contributed by atoms with van der Waals surface area (Å²) in [6.07, 6.45) is 2.75. The summed E-state index contributed by atoms with van der Waals surface area (Å²) >= 11 is 0. The van der Waals surface area contributed by atoms with Gasteiger partial charge < -0.3 is 21.8 Å². The van der Waals surface area contributed by atoms with Gasteiger partial charge in [0, 0.05) is 6.20 Å². The fraction of sp³-hybridized carbons (Fsp3) is 0.125. The van der Waals surface area contributed by atoms with Crippen molar-refractivity contribution in [3.8, 4) is 0 Å². The van der Waals surface area contributed by atoms with Crippen LogP contribution >= 0.6 is 0 Å². The number of rotatable bonds is 6. The van der Waals surface area contributed by atoms with Gasteiger partial charge in [-0.15, -0.1) is 0 Å². The molecule has 2 aromatic heterocycles. The van der Waals surface area contributed by atoms with Gasteiger partial charge in [-0.05, 0) is 11.6 Å². The molecule has 24 heavy (non-hydrogen) atoms. The number of carbonyl (C=O) groups is 2. The van der Waals surface area contributed by atoms with Crippen molar-refractivity contribution >= 4 is 28.7 Å². The number of nitrogens with zero attached hydrogens (tertiary/aromatic N) is 2. The Labute approximate surface area is 137 Å². The third-order valence-corrected chi connectivity index (χ3v) is 3.81. The number of carbonyl (C=O) groups excluding carboxylic acids is 2. The molecule has 8 nitrogen and oxygen atoms in total. The summed E-state index contributed by atoms with van der Waals surface area (Å²) in [5.41, 5.74) is 10.6. The highest BCUT2D eigenvalue weighted by Crippen LogP contribution is 2.31. The van der Waals surface area contributed by atoms with E-state index in [-0.39, 0.29) is 6.42 Å². The molecule has 122 valence electrons. The minimum absolute atomic E-state index is 0.303. The van der Waals surface area contributed by atoms with Crippen molar-refractivity contribution in [1.29, 1.82) is 0 Å². The molecule has 2 heterocycles. The van der Waals surface area contributed by atoms with E-state index in [0.29, 0.717) is 22.4 Å². The van der Waals surface area contributed by atoms with E-state index in [1.165, 1.54) is 6.33 Å². The van der Waals surface area contributed by atoms with Crippen LogP contribution in [-0.2, 0) is 15.1 Å². The van der Waals surface area contributed by atoms with Crippen molar-refractivity contribution in [1.82, 2.24) is 15.0 Å². The van der Waals surface area contributed by atoms with Gasteiger partial charge in [0.15, 0.2) is 5.54 Å². The van der Waals surface area contributed by atoms with Crippen LogP contribution in [0, 0.1) is 0 Å². The van der Waals surface area contributed by atoms with Crippen molar-refractivity contribution in [2.45, 2.75) is 12.0 Å². The van der Waals surface area contributed by atoms with E-state index in [1.54, 1.807) is 42.6 Å². The predicted molar refractivity (Wildman–Crippen MR) is 88.6 cm³/mol. The molecule has 0 radical (unpaired) electrons. The molecule has 0 saturated carbocycles. The van der Waals surface area contributed by atoms with Crippen molar-refractivity contribution in [3.05, 3.63) is 54.5 Å². The maximum absolute atomic E-state index is 12.3. The second-order valence-electron chi connectivity index (χ2n) is 5.37. The summed E-state index contributed by atoms with van der Waals surface area (Å²) in [6, 6.07) is 10.5. The van der Waals surface area contributed by atoms with Gasteiger partial charge in [-0.1, -0.05) is 30.3 Å². The van der Waals surface area contributed by atoms with Crippen LogP contribution in [0.5, 0.6) is 0 Å². The standard InChI is InChI=1S/C16H16N6O2/c17-12(23)8-16(15(18)24,10-4-2-1-3-5-10)22-14-11-6-7-19-13(11)20-9-21-14/h1-7,9H,8H2,(H2,17,23)(H2,18,24)(H2,19,20,21,22). The number of aromatic amines is 1. The van der Waals surface area contributed by atoms with E-state index in [0.717, 1.165) is 0 Å². The number of benzene rings is 1. The molecule has 3 aromatic rings. The summed E-state index contributed by atoms with van der Waals surface area (Å²) < 4.78 is 0. The summed E-state index contributed by atoms with van der Waals surface area (Å²) in [6.45, 7) is 0. The molecule has 0 aliphatic carbocycles. The van der Waals surface area contributed by atoms with Gasteiger partial charge in [0.2, 0.25) is 11.8 Å². The molecule has 3 rings (SSSR count). The van der Waals surface area contributed by atoms with Gasteiger partial charge in [-0.25, -0.2) is 9.97 Å². The number of amides is 2. The number of nitrogens with one attached hydrogen (secondary N) is 2. The van der Waals surface area contributed by atoms with E-state index in [9.17, 15) is 9.59 Å². The summed E-state index contributed by atoms with van der Waals surface area (Å²) in [5.74, 6) is -1.01. The first kappa shape index (κ1) is 15.5. The monoisotopic (exact) mass is 324 g/mol. The summed E-state index contributed by atoms with van der Waals surface area (Å²) in [4.78, 5) is 35.2. The van der Waals surface area contributed by atoms with Crippen molar-refractivity contribution in [2.75, 3.05) is 5.32 Å². The molecule has 2 amide bonds. The van der Waals surface area contributed by atoms with Crippen LogP contribution < -0.4 is 16.8 Å². The number of hydrogen-bond donors (Lipinski definition) is 4. The van der Waals surface area contributed by atoms with E-state index >= 15 is 0 Å². The Bertz CT molecular complexity index is 892. The summed E-state index contributed by atoms with van der Waals surface area (Å²) in [7, 11) is 0. The van der Waals surface area contributed by atoms with Gasteiger partial charge in [0.25, 0.3) is 0 Å². The van der Waals surface area contributed by atoms with Crippen LogP contribution in [0.15, 0.2) is 48.9 Å². The van der Waals surface area contributed by atoms with Crippen LogP contribution in [0.25, 0.3) is 11.0 Å². The number of hydrogen-bond acceptors (Lipinski definition) is 5. The van der Waals surface area contributed by atoms with Crippen molar-refractivity contribution in [2.24, 2.45) is 11.5 Å². The first-order chi connectivity index (χ1) is 11.5. The van der Waals surface area contributed by atoms with Crippen LogP contribution in [-0.4, -0.2) is 26.8 Å². The Kier molecular flexibility index (Phi) is 3.87. The first-order valence-corrected chi connectivity index (χ1v) is 7.23. The molecule has 0 bridgehead atoms. The van der Waals surface area contributed by atoms with Crippen LogP contribution in [0.4, 0.5) is 5.82 Å². The van der Waals surface area contributed by atoms with Gasteiger partial charge in [-0.2, -0.15) is 0 Å². The lowest BCUT2D eigenvalue weighted by Crippen LogP contribution is -2.50. The highest BCUT2D eigenvalue weighted by atomic mass is 16.2. The molecule has 0 fully saturated rings. The molecular weight excluding hydrogens is 308 g/mol. The Hall–Kier alpha value is -3.42. The largest absolute Gasteiger partial charge is 0.370 e. The third kappa shape index (κ3) is 2.65. The maximum atomic E-state index is 12.3. The van der Waals surface area contributed by atoms with E-state index < -0.39 is 17.4 Å². The molecule has 0 aliphatic rings. The highest BCUT2D eigenvalue weighted by Gasteiger charge is 2.41. The minimum Gasteiger partial charge on any atom is -0.370 e.